The lowest BCUT2D eigenvalue weighted by Gasteiger charge is -1.95. The van der Waals surface area contributed by atoms with Crippen molar-refractivity contribution in [2.75, 3.05) is 5.73 Å². The zero-order chi connectivity index (χ0) is 9.40. The fraction of sp³-hybridized carbons (Fsp3) is 0.100. The first kappa shape index (κ1) is 10.4. The molecule has 0 amide bonds. The molecule has 0 radical (unpaired) electrons. The number of hydrogen-bond acceptors (Lipinski definition) is 2. The van der Waals surface area contributed by atoms with Crippen LogP contribution in [0.25, 0.3) is 6.08 Å². The quantitative estimate of drug-likeness (QED) is 0.509. The number of carbonyl (C=O) groups excluding carboxylic acids is 1. The van der Waals surface area contributed by atoms with E-state index in [9.17, 15) is 0 Å². The SMILES string of the molecule is C=Cc1ccccc1N.CC=O. The summed E-state index contributed by atoms with van der Waals surface area (Å²) in [6, 6.07) is 7.63. The molecule has 0 heterocycles. The predicted octanol–water partition coefficient (Wildman–Crippen LogP) is 2.12. The smallest absolute Gasteiger partial charge is 0.116 e. The average Bonchev–Trinajstić information content (AvgIpc) is 2.07. The molecule has 1 aromatic rings. The molecule has 0 aliphatic rings. The number of nitrogen functional groups attached to an aromatic ring is 1. The standard InChI is InChI=1S/C8H9N.C2H4O/c1-2-7-5-3-4-6-8(7)9;1-2-3/h2-6H,1,9H2;2H,1H3. The highest BCUT2D eigenvalue weighted by Gasteiger charge is 1.87. The van der Waals surface area contributed by atoms with Crippen LogP contribution in [-0.4, -0.2) is 6.29 Å². The molecule has 0 bridgehead atoms. The van der Waals surface area contributed by atoms with E-state index in [1.165, 1.54) is 6.92 Å². The predicted molar refractivity (Wildman–Crippen MR) is 52.7 cm³/mol. The van der Waals surface area contributed by atoms with Gasteiger partial charge in [-0.1, -0.05) is 30.9 Å². The maximum Gasteiger partial charge on any atom is 0.116 e. The topological polar surface area (TPSA) is 43.1 Å². The Bertz CT molecular complexity index is 256. The van der Waals surface area contributed by atoms with Gasteiger partial charge in [0.25, 0.3) is 0 Å². The van der Waals surface area contributed by atoms with Crippen molar-refractivity contribution in [1.29, 1.82) is 0 Å². The molecule has 0 unspecified atom stereocenters. The Hall–Kier alpha value is -1.57. The number of hydrogen-bond donors (Lipinski definition) is 1. The normalized spacial score (nSPS) is 7.75. The summed E-state index contributed by atoms with van der Waals surface area (Å²) in [6.45, 7) is 5.06. The highest BCUT2D eigenvalue weighted by molar-refractivity contribution is 5.62. The van der Waals surface area contributed by atoms with Gasteiger partial charge in [0.1, 0.15) is 6.29 Å². The minimum Gasteiger partial charge on any atom is -0.398 e. The van der Waals surface area contributed by atoms with Gasteiger partial charge in [-0.3, -0.25) is 0 Å². The van der Waals surface area contributed by atoms with Crippen LogP contribution in [0.4, 0.5) is 5.69 Å². The lowest BCUT2D eigenvalue weighted by molar-refractivity contribution is -0.106. The van der Waals surface area contributed by atoms with Crippen molar-refractivity contribution < 1.29 is 4.79 Å². The highest BCUT2D eigenvalue weighted by atomic mass is 16.1. The van der Waals surface area contributed by atoms with E-state index in [-0.39, 0.29) is 0 Å². The second-order valence-corrected chi connectivity index (χ2v) is 2.07. The third kappa shape index (κ3) is 3.56. The van der Waals surface area contributed by atoms with Crippen molar-refractivity contribution in [3.63, 3.8) is 0 Å². The van der Waals surface area contributed by atoms with Crippen LogP contribution in [0, 0.1) is 0 Å². The number of aldehydes is 1. The fourth-order valence-corrected chi connectivity index (χ4v) is 0.697. The second-order valence-electron chi connectivity index (χ2n) is 2.07. The molecule has 64 valence electrons. The molecule has 0 spiro atoms. The van der Waals surface area contributed by atoms with Gasteiger partial charge in [0, 0.05) is 5.69 Å². The number of anilines is 1. The van der Waals surface area contributed by atoms with Gasteiger partial charge in [-0.05, 0) is 18.6 Å². The Morgan fingerprint density at radius 3 is 2.25 bits per heavy atom. The molecule has 2 heteroatoms. The molecule has 1 aromatic carbocycles. The lowest BCUT2D eigenvalue weighted by Crippen LogP contribution is -1.86. The fourth-order valence-electron chi connectivity index (χ4n) is 0.697. The molecule has 0 atom stereocenters. The molecule has 0 saturated carbocycles. The molecule has 1 rings (SSSR count). The van der Waals surface area contributed by atoms with Crippen molar-refractivity contribution >= 4 is 18.0 Å². The van der Waals surface area contributed by atoms with Crippen LogP contribution in [-0.2, 0) is 4.79 Å². The monoisotopic (exact) mass is 163 g/mol. The minimum absolute atomic E-state index is 0.750. The van der Waals surface area contributed by atoms with Crippen molar-refractivity contribution in [3.8, 4) is 0 Å². The van der Waals surface area contributed by atoms with Crippen molar-refractivity contribution in [2.24, 2.45) is 0 Å². The summed E-state index contributed by atoms with van der Waals surface area (Å²) < 4.78 is 0. The molecule has 0 aliphatic carbocycles. The van der Waals surface area contributed by atoms with Gasteiger partial charge in [0.15, 0.2) is 0 Å². The summed E-state index contributed by atoms with van der Waals surface area (Å²) in [7, 11) is 0. The number of carbonyl (C=O) groups is 1. The van der Waals surface area contributed by atoms with Crippen LogP contribution in [0.15, 0.2) is 30.8 Å². The summed E-state index contributed by atoms with van der Waals surface area (Å²) in [4.78, 5) is 8.81. The van der Waals surface area contributed by atoms with E-state index in [0.717, 1.165) is 17.5 Å². The van der Waals surface area contributed by atoms with Gasteiger partial charge in [-0.15, -0.1) is 0 Å². The molecule has 12 heavy (non-hydrogen) atoms. The Morgan fingerprint density at radius 2 is 1.92 bits per heavy atom. The Kier molecular flexibility index (Phi) is 5.35. The minimum atomic E-state index is 0.750. The summed E-state index contributed by atoms with van der Waals surface area (Å²) in [5, 5.41) is 0. The largest absolute Gasteiger partial charge is 0.398 e. The van der Waals surface area contributed by atoms with Crippen molar-refractivity contribution in [2.45, 2.75) is 6.92 Å². The Balaban J connectivity index is 0.000000354. The zero-order valence-corrected chi connectivity index (χ0v) is 7.16. The van der Waals surface area contributed by atoms with Gasteiger partial charge in [-0.2, -0.15) is 0 Å². The second kappa shape index (κ2) is 6.16. The first-order chi connectivity index (χ1) is 5.76. The van der Waals surface area contributed by atoms with Crippen LogP contribution in [0.5, 0.6) is 0 Å². The molecule has 0 saturated heterocycles. The van der Waals surface area contributed by atoms with Crippen molar-refractivity contribution in [3.05, 3.63) is 36.4 Å². The zero-order valence-electron chi connectivity index (χ0n) is 7.16. The molecular weight excluding hydrogens is 150 g/mol. The number of benzene rings is 1. The number of nitrogens with two attached hydrogens (primary N) is 1. The first-order valence-electron chi connectivity index (χ1n) is 3.63. The van der Waals surface area contributed by atoms with Crippen LogP contribution >= 0.6 is 0 Å². The van der Waals surface area contributed by atoms with E-state index < -0.39 is 0 Å². The van der Waals surface area contributed by atoms with E-state index in [1.54, 1.807) is 6.08 Å². The Morgan fingerprint density at radius 1 is 1.42 bits per heavy atom. The molecule has 0 aliphatic heterocycles. The summed E-state index contributed by atoms with van der Waals surface area (Å²) >= 11 is 0. The third-order valence-corrected chi connectivity index (χ3v) is 1.22. The van der Waals surface area contributed by atoms with E-state index in [0.29, 0.717) is 0 Å². The van der Waals surface area contributed by atoms with Gasteiger partial charge >= 0.3 is 0 Å². The Labute approximate surface area is 72.7 Å². The van der Waals surface area contributed by atoms with E-state index in [2.05, 4.69) is 6.58 Å². The first-order valence-corrected chi connectivity index (χ1v) is 3.63. The van der Waals surface area contributed by atoms with Gasteiger partial charge in [0.2, 0.25) is 0 Å². The highest BCUT2D eigenvalue weighted by Crippen LogP contribution is 2.10. The molecule has 0 fully saturated rings. The van der Waals surface area contributed by atoms with E-state index in [4.69, 9.17) is 10.5 Å². The number of para-hydroxylation sites is 1. The van der Waals surface area contributed by atoms with Gasteiger partial charge in [-0.25, -0.2) is 0 Å². The molecule has 0 aromatic heterocycles. The summed E-state index contributed by atoms with van der Waals surface area (Å²) in [5.41, 5.74) is 7.34. The lowest BCUT2D eigenvalue weighted by atomic mass is 10.2. The van der Waals surface area contributed by atoms with Gasteiger partial charge in [0.05, 0.1) is 0 Å². The molecule has 2 N–H and O–H groups in total. The van der Waals surface area contributed by atoms with E-state index in [1.807, 2.05) is 24.3 Å². The molecule has 2 nitrogen and oxygen atoms in total. The molecular formula is C10H13NO. The summed E-state index contributed by atoms with van der Waals surface area (Å²) in [5.74, 6) is 0. The van der Waals surface area contributed by atoms with Crippen molar-refractivity contribution in [1.82, 2.24) is 0 Å². The van der Waals surface area contributed by atoms with Crippen LogP contribution in [0.1, 0.15) is 12.5 Å². The van der Waals surface area contributed by atoms with Gasteiger partial charge < -0.3 is 10.5 Å². The third-order valence-electron chi connectivity index (χ3n) is 1.22. The maximum absolute atomic E-state index is 8.81. The van der Waals surface area contributed by atoms with Crippen LogP contribution in [0.3, 0.4) is 0 Å². The summed E-state index contributed by atoms with van der Waals surface area (Å²) in [6.07, 6.45) is 2.50. The van der Waals surface area contributed by atoms with E-state index >= 15 is 0 Å². The van der Waals surface area contributed by atoms with Crippen LogP contribution < -0.4 is 5.73 Å². The number of rotatable bonds is 1. The average molecular weight is 163 g/mol. The van der Waals surface area contributed by atoms with Crippen LogP contribution in [0.2, 0.25) is 0 Å². The maximum atomic E-state index is 8.81.